The summed E-state index contributed by atoms with van der Waals surface area (Å²) in [5.41, 5.74) is 10.3. The fourth-order valence-electron chi connectivity index (χ4n) is 9.81. The number of anilines is 1. The molecule has 0 radical (unpaired) electrons. The van der Waals surface area contributed by atoms with Gasteiger partial charge in [-0.05, 0) is 81.5 Å². The number of aliphatic hydroxyl groups excluding tert-OH is 1. The number of hydrogen-bond acceptors (Lipinski definition) is 13. The van der Waals surface area contributed by atoms with E-state index in [2.05, 4.69) is 49.7 Å². The number of β-amino-alcohol motifs (C(OH)–C–C–N with tert-alkyl or cyclic N) is 1. The zero-order chi connectivity index (χ0) is 49.8. The van der Waals surface area contributed by atoms with Crippen LogP contribution in [0.5, 0.6) is 0 Å². The van der Waals surface area contributed by atoms with Crippen LogP contribution in [0.15, 0.2) is 89.8 Å². The Morgan fingerprint density at radius 1 is 0.873 bits per heavy atom. The maximum atomic E-state index is 14.4. The van der Waals surface area contributed by atoms with Crippen molar-refractivity contribution in [1.29, 1.82) is 0 Å². The maximum Gasteiger partial charge on any atom is 0.248 e. The quantitative estimate of drug-likeness (QED) is 0.102. The molecule has 0 spiro atoms. The summed E-state index contributed by atoms with van der Waals surface area (Å²) in [5, 5.41) is 32.3. The highest BCUT2D eigenvalue weighted by Gasteiger charge is 2.43. The van der Waals surface area contributed by atoms with Crippen molar-refractivity contribution >= 4 is 63.5 Å². The number of hydrogen-bond donors (Lipinski definition) is 3. The van der Waals surface area contributed by atoms with Crippen LogP contribution in [-0.2, 0) is 14.4 Å². The summed E-state index contributed by atoms with van der Waals surface area (Å²) in [6.07, 6.45) is 4.74. The van der Waals surface area contributed by atoms with Crippen molar-refractivity contribution in [3.63, 3.8) is 0 Å². The first-order chi connectivity index (χ1) is 34.1. The normalized spacial score (nSPS) is 18.6. The van der Waals surface area contributed by atoms with E-state index in [4.69, 9.17) is 21.6 Å². The van der Waals surface area contributed by atoms with E-state index < -0.39 is 24.2 Å². The number of pyridine rings is 1. The smallest absolute Gasteiger partial charge is 0.248 e. The van der Waals surface area contributed by atoms with E-state index >= 15 is 0 Å². The molecule has 19 heteroatoms. The molecule has 3 aliphatic heterocycles. The molecule has 3 aliphatic rings. The predicted molar refractivity (Wildman–Crippen MR) is 276 cm³/mol. The molecule has 5 atom stereocenters. The number of nitrogens with zero attached hydrogens (tertiary/aromatic N) is 10. The molecule has 366 valence electrons. The van der Waals surface area contributed by atoms with Crippen molar-refractivity contribution in [1.82, 2.24) is 50.0 Å². The topological polar surface area (TPSA) is 189 Å². The number of benzene rings is 2. The second-order valence-electron chi connectivity index (χ2n) is 19.1. The van der Waals surface area contributed by atoms with Crippen molar-refractivity contribution in [3.05, 3.63) is 134 Å². The summed E-state index contributed by atoms with van der Waals surface area (Å²) in [7, 11) is 0. The fraction of sp³-hybridized carbons (Fsp3) is 0.365. The maximum absolute atomic E-state index is 14.4. The second kappa shape index (κ2) is 19.5. The summed E-state index contributed by atoms with van der Waals surface area (Å²) in [5.74, 6) is 1.26. The Balaban J connectivity index is 0.764. The molecule has 3 amide bonds. The standard InChI is InChI=1S/C52H55ClN12O4S2/c1-27(2)47(51(69)63-25-40(66)18-42(63)50(68)57-29(4)33-8-10-35(11-9-33)48-30(5)55-26-70-48)64-22-37(21-56-64)36-14-17-43(54-20-36)62-23-39(24-62)58-44(67)19-41-49-61-60-32(7)65(49)52-45(28(3)31(6)71-52)46(59-41)34-12-15-38(53)16-13-34/h8-17,20-22,26-27,29,39-42,47,66H,18-19,23-25H2,1-7H3,(H,57,68)(H,58,67)/t29-,40+,41-,42-,47+/m0/s1. The Kier molecular flexibility index (Phi) is 13.2. The minimum absolute atomic E-state index is 0.0543. The zero-order valence-corrected chi connectivity index (χ0v) is 42.9. The summed E-state index contributed by atoms with van der Waals surface area (Å²) < 4.78 is 3.70. The van der Waals surface area contributed by atoms with Crippen LogP contribution in [0.4, 0.5) is 5.82 Å². The molecule has 0 unspecified atom stereocenters. The van der Waals surface area contributed by atoms with E-state index in [1.807, 2.05) is 112 Å². The van der Waals surface area contributed by atoms with Crippen LogP contribution in [0.25, 0.3) is 26.6 Å². The molecule has 10 rings (SSSR count). The molecule has 5 aromatic heterocycles. The van der Waals surface area contributed by atoms with E-state index in [9.17, 15) is 19.5 Å². The molecule has 3 N–H and O–H groups in total. The van der Waals surface area contributed by atoms with Gasteiger partial charge in [0.25, 0.3) is 0 Å². The number of rotatable bonds is 13. The van der Waals surface area contributed by atoms with Crippen LogP contribution in [0.2, 0.25) is 5.02 Å². The molecule has 16 nitrogen and oxygen atoms in total. The number of aryl methyl sites for hydroxylation is 3. The van der Waals surface area contributed by atoms with E-state index in [1.165, 1.54) is 9.78 Å². The molecule has 71 heavy (non-hydrogen) atoms. The lowest BCUT2D eigenvalue weighted by molar-refractivity contribution is -0.142. The fourth-order valence-corrected chi connectivity index (χ4v) is 12.0. The summed E-state index contributed by atoms with van der Waals surface area (Å²) in [4.78, 5) is 62.2. The summed E-state index contributed by atoms with van der Waals surface area (Å²) in [6.45, 7) is 15.2. The largest absolute Gasteiger partial charge is 0.391 e. The van der Waals surface area contributed by atoms with Gasteiger partial charge in [0.2, 0.25) is 17.7 Å². The average Bonchev–Trinajstić information content (AvgIpc) is 4.18. The van der Waals surface area contributed by atoms with Crippen LogP contribution < -0.4 is 15.5 Å². The van der Waals surface area contributed by atoms with E-state index in [0.29, 0.717) is 23.9 Å². The molecule has 8 heterocycles. The molecule has 0 bridgehead atoms. The molecular weight excluding hydrogens is 956 g/mol. The molecule has 2 saturated heterocycles. The Morgan fingerprint density at radius 2 is 1.61 bits per heavy atom. The SMILES string of the molecule is Cc1ncsc1-c1ccc([C@H](C)NC(=O)[C@@H]2C[C@@H](O)CN2C(=O)[C@@H](C(C)C)n2cc(-c3ccc(N4CC(NC(=O)C[C@@H]5N=C(c6ccc(Cl)cc6)c6c(sc(C)c6C)-n6c(C)nnc65)C4)nc3)cn2)cc1. The number of likely N-dealkylation sites (tertiary alicyclic amines) is 1. The Bertz CT molecular complexity index is 3150. The average molecular weight is 1010 g/mol. The summed E-state index contributed by atoms with van der Waals surface area (Å²) >= 11 is 9.54. The minimum Gasteiger partial charge on any atom is -0.391 e. The van der Waals surface area contributed by atoms with Crippen molar-refractivity contribution in [2.75, 3.05) is 24.5 Å². The highest BCUT2D eigenvalue weighted by atomic mass is 35.5. The highest BCUT2D eigenvalue weighted by Crippen LogP contribution is 2.40. The van der Waals surface area contributed by atoms with Crippen LogP contribution >= 0.6 is 34.3 Å². The number of carbonyl (C=O) groups excluding carboxylic acids is 3. The van der Waals surface area contributed by atoms with Crippen LogP contribution in [0.1, 0.15) is 96.2 Å². The monoisotopic (exact) mass is 1010 g/mol. The Labute approximate surface area is 424 Å². The number of aromatic nitrogens is 7. The van der Waals surface area contributed by atoms with Gasteiger partial charge in [-0.2, -0.15) is 5.10 Å². The van der Waals surface area contributed by atoms with Gasteiger partial charge in [-0.15, -0.1) is 32.9 Å². The molecular formula is C52H55ClN12O4S2. The first-order valence-corrected chi connectivity index (χ1v) is 25.9. The zero-order valence-electron chi connectivity index (χ0n) is 40.5. The van der Waals surface area contributed by atoms with Gasteiger partial charge in [0.05, 0.1) is 52.6 Å². The lowest BCUT2D eigenvalue weighted by atomic mass is 9.99. The number of amides is 3. The van der Waals surface area contributed by atoms with E-state index in [0.717, 1.165) is 71.9 Å². The number of nitrogens with one attached hydrogen (secondary N) is 2. The Hall–Kier alpha value is -6.60. The number of thiazole rings is 1. The van der Waals surface area contributed by atoms with Crippen molar-refractivity contribution < 1.29 is 19.5 Å². The van der Waals surface area contributed by atoms with Gasteiger partial charge in [0.15, 0.2) is 5.82 Å². The molecule has 2 aromatic carbocycles. The van der Waals surface area contributed by atoms with Crippen molar-refractivity contribution in [2.24, 2.45) is 10.9 Å². The van der Waals surface area contributed by atoms with Crippen molar-refractivity contribution in [2.45, 2.75) is 97.6 Å². The number of thiophene rings is 1. The molecule has 0 saturated carbocycles. The number of carbonyl (C=O) groups is 3. The van der Waals surface area contributed by atoms with Gasteiger partial charge in [-0.25, -0.2) is 9.97 Å². The van der Waals surface area contributed by atoms with Gasteiger partial charge >= 0.3 is 0 Å². The lowest BCUT2D eigenvalue weighted by Gasteiger charge is -2.40. The van der Waals surface area contributed by atoms with Crippen LogP contribution in [-0.4, -0.2) is 106 Å². The van der Waals surface area contributed by atoms with Gasteiger partial charge < -0.3 is 25.5 Å². The highest BCUT2D eigenvalue weighted by molar-refractivity contribution is 7.15. The minimum atomic E-state index is -0.831. The molecule has 7 aromatic rings. The third-order valence-electron chi connectivity index (χ3n) is 13.8. The van der Waals surface area contributed by atoms with Crippen LogP contribution in [0, 0.1) is 33.6 Å². The Morgan fingerprint density at radius 3 is 2.30 bits per heavy atom. The predicted octanol–water partition coefficient (Wildman–Crippen LogP) is 7.92. The van der Waals surface area contributed by atoms with Gasteiger partial charge in [-0.1, -0.05) is 61.8 Å². The van der Waals surface area contributed by atoms with Gasteiger partial charge in [0, 0.05) is 70.6 Å². The number of halogens is 1. The van der Waals surface area contributed by atoms with Gasteiger partial charge in [-0.3, -0.25) is 28.6 Å². The van der Waals surface area contributed by atoms with Gasteiger partial charge in [0.1, 0.15) is 34.8 Å². The number of aliphatic imine (C=N–C) groups is 1. The molecule has 0 aliphatic carbocycles. The second-order valence-corrected chi connectivity index (χ2v) is 21.6. The first-order valence-electron chi connectivity index (χ1n) is 23.8. The van der Waals surface area contributed by atoms with Crippen molar-refractivity contribution in [3.8, 4) is 26.6 Å². The third-order valence-corrected chi connectivity index (χ3v) is 16.2. The first kappa shape index (κ1) is 48.0. The number of aliphatic hydroxyl groups is 1. The summed E-state index contributed by atoms with van der Waals surface area (Å²) in [6, 6.07) is 17.1. The number of fused-ring (bicyclic) bond motifs is 3. The molecule has 2 fully saturated rings. The van der Waals surface area contributed by atoms with Crippen LogP contribution in [0.3, 0.4) is 0 Å². The van der Waals surface area contributed by atoms with E-state index in [1.54, 1.807) is 39.7 Å². The third kappa shape index (κ3) is 9.41. The van der Waals surface area contributed by atoms with E-state index in [-0.39, 0.29) is 55.1 Å². The lowest BCUT2D eigenvalue weighted by Crippen LogP contribution is -2.59.